The zero-order valence-electron chi connectivity index (χ0n) is 14.7. The van der Waals surface area contributed by atoms with Gasteiger partial charge in [0.05, 0.1) is 12.7 Å². The van der Waals surface area contributed by atoms with Crippen molar-refractivity contribution in [2.45, 2.75) is 64.3 Å². The minimum atomic E-state index is -0.797. The van der Waals surface area contributed by atoms with Crippen LogP contribution in [0.5, 0.6) is 0 Å². The molecule has 132 valence electrons. The first-order chi connectivity index (χ1) is 11.8. The van der Waals surface area contributed by atoms with Crippen molar-refractivity contribution in [3.05, 3.63) is 48.0 Å². The highest BCUT2D eigenvalue weighted by atomic mass is 16.5. The average Bonchev–Trinajstić information content (AvgIpc) is 2.61. The normalized spacial score (nSPS) is 13.5. The molecule has 1 aromatic rings. The Morgan fingerprint density at radius 1 is 1.17 bits per heavy atom. The van der Waals surface area contributed by atoms with E-state index in [-0.39, 0.29) is 12.7 Å². The van der Waals surface area contributed by atoms with Gasteiger partial charge < -0.3 is 14.9 Å². The van der Waals surface area contributed by atoms with Crippen LogP contribution in [0.1, 0.15) is 51.0 Å². The van der Waals surface area contributed by atoms with Gasteiger partial charge in [-0.3, -0.25) is 0 Å². The molecule has 0 amide bonds. The number of rotatable bonds is 11. The molecule has 0 saturated heterocycles. The molecule has 0 aliphatic heterocycles. The van der Waals surface area contributed by atoms with Gasteiger partial charge in [0.2, 0.25) is 0 Å². The summed E-state index contributed by atoms with van der Waals surface area (Å²) in [5.74, 6) is 5.97. The Labute approximate surface area is 146 Å². The highest BCUT2D eigenvalue weighted by Crippen LogP contribution is 2.11. The molecule has 0 aliphatic carbocycles. The smallest absolute Gasteiger partial charge is 0.141 e. The van der Waals surface area contributed by atoms with E-state index in [0.717, 1.165) is 18.4 Å². The number of aliphatic hydroxyl groups is 2. The number of unbranched alkanes of at least 4 members (excludes halogenated alkanes) is 3. The summed E-state index contributed by atoms with van der Waals surface area (Å²) in [4.78, 5) is 0. The topological polar surface area (TPSA) is 49.7 Å². The first kappa shape index (κ1) is 20.4. The SMILES string of the molecule is CCCCCC#CC(O)C(C/C=C\CCO)OCc1ccccc1. The monoisotopic (exact) mass is 330 g/mol. The summed E-state index contributed by atoms with van der Waals surface area (Å²) in [6, 6.07) is 9.91. The molecular weight excluding hydrogens is 300 g/mol. The van der Waals surface area contributed by atoms with Crippen molar-refractivity contribution in [2.75, 3.05) is 6.61 Å². The fourth-order valence-electron chi connectivity index (χ4n) is 2.22. The molecule has 0 aromatic heterocycles. The van der Waals surface area contributed by atoms with Crippen LogP contribution in [-0.2, 0) is 11.3 Å². The van der Waals surface area contributed by atoms with E-state index in [2.05, 4.69) is 18.8 Å². The fourth-order valence-corrected chi connectivity index (χ4v) is 2.22. The van der Waals surface area contributed by atoms with Gasteiger partial charge >= 0.3 is 0 Å². The van der Waals surface area contributed by atoms with E-state index < -0.39 is 6.10 Å². The van der Waals surface area contributed by atoms with Crippen LogP contribution < -0.4 is 0 Å². The van der Waals surface area contributed by atoms with Crippen molar-refractivity contribution < 1.29 is 14.9 Å². The number of benzene rings is 1. The minimum Gasteiger partial charge on any atom is -0.396 e. The van der Waals surface area contributed by atoms with Gasteiger partial charge in [0, 0.05) is 13.0 Å². The minimum absolute atomic E-state index is 0.131. The quantitative estimate of drug-likeness (QED) is 0.368. The van der Waals surface area contributed by atoms with Crippen LogP contribution in [0, 0.1) is 11.8 Å². The summed E-state index contributed by atoms with van der Waals surface area (Å²) in [7, 11) is 0. The van der Waals surface area contributed by atoms with Gasteiger partial charge in [0.15, 0.2) is 0 Å². The van der Waals surface area contributed by atoms with Gasteiger partial charge in [-0.1, -0.05) is 68.2 Å². The molecular formula is C21H30O3. The molecule has 1 rings (SSSR count). The lowest BCUT2D eigenvalue weighted by molar-refractivity contribution is -0.0210. The van der Waals surface area contributed by atoms with E-state index in [1.54, 1.807) is 0 Å². The third-order valence-corrected chi connectivity index (χ3v) is 3.65. The highest BCUT2D eigenvalue weighted by molar-refractivity contribution is 5.14. The Hall–Kier alpha value is -1.60. The van der Waals surface area contributed by atoms with E-state index in [1.165, 1.54) is 12.8 Å². The molecule has 0 bridgehead atoms. The molecule has 0 fully saturated rings. The third-order valence-electron chi connectivity index (χ3n) is 3.65. The van der Waals surface area contributed by atoms with Crippen molar-refractivity contribution in [1.82, 2.24) is 0 Å². The first-order valence-electron chi connectivity index (χ1n) is 8.85. The molecule has 3 heteroatoms. The molecule has 2 atom stereocenters. The largest absolute Gasteiger partial charge is 0.396 e. The number of ether oxygens (including phenoxy) is 1. The van der Waals surface area contributed by atoms with Crippen LogP contribution in [-0.4, -0.2) is 29.0 Å². The van der Waals surface area contributed by atoms with Crippen molar-refractivity contribution in [3.8, 4) is 11.8 Å². The standard InChI is InChI=1S/C21H30O3/c1-2-3-4-5-10-15-20(23)21(16-11-7-12-17-22)24-18-19-13-8-6-9-14-19/h6-9,11,13-14,20-23H,2-5,12,16-18H2,1H3/b11-7-. The second-order valence-electron chi connectivity index (χ2n) is 5.78. The summed E-state index contributed by atoms with van der Waals surface area (Å²) >= 11 is 0. The molecule has 3 nitrogen and oxygen atoms in total. The van der Waals surface area contributed by atoms with Crippen LogP contribution in [0.2, 0.25) is 0 Å². The maximum absolute atomic E-state index is 10.3. The highest BCUT2D eigenvalue weighted by Gasteiger charge is 2.16. The van der Waals surface area contributed by atoms with E-state index >= 15 is 0 Å². The van der Waals surface area contributed by atoms with Gasteiger partial charge in [0.1, 0.15) is 6.10 Å². The summed E-state index contributed by atoms with van der Waals surface area (Å²) in [5.41, 5.74) is 1.07. The third kappa shape index (κ3) is 9.52. The Morgan fingerprint density at radius 2 is 1.96 bits per heavy atom. The molecule has 1 aromatic carbocycles. The molecule has 0 heterocycles. The van der Waals surface area contributed by atoms with Crippen molar-refractivity contribution in [2.24, 2.45) is 0 Å². The second-order valence-corrected chi connectivity index (χ2v) is 5.78. The Kier molecular flexibility index (Phi) is 11.8. The van der Waals surface area contributed by atoms with Gasteiger partial charge in [-0.05, 0) is 24.8 Å². The van der Waals surface area contributed by atoms with Crippen molar-refractivity contribution in [3.63, 3.8) is 0 Å². The second kappa shape index (κ2) is 13.8. The van der Waals surface area contributed by atoms with Crippen LogP contribution in [0.4, 0.5) is 0 Å². The van der Waals surface area contributed by atoms with E-state index in [0.29, 0.717) is 19.4 Å². The zero-order chi connectivity index (χ0) is 17.5. The molecule has 0 spiro atoms. The lowest BCUT2D eigenvalue weighted by Crippen LogP contribution is -2.27. The van der Waals surface area contributed by atoms with Gasteiger partial charge in [-0.2, -0.15) is 0 Å². The van der Waals surface area contributed by atoms with Gasteiger partial charge in [0.25, 0.3) is 0 Å². The fraction of sp³-hybridized carbons (Fsp3) is 0.524. The van der Waals surface area contributed by atoms with Crippen LogP contribution in [0.3, 0.4) is 0 Å². The van der Waals surface area contributed by atoms with Crippen LogP contribution >= 0.6 is 0 Å². The number of aliphatic hydroxyl groups excluding tert-OH is 2. The predicted molar refractivity (Wildman–Crippen MR) is 98.4 cm³/mol. The number of hydrogen-bond acceptors (Lipinski definition) is 3. The lowest BCUT2D eigenvalue weighted by atomic mass is 10.1. The molecule has 0 radical (unpaired) electrons. The number of hydrogen-bond donors (Lipinski definition) is 2. The molecule has 0 aliphatic rings. The molecule has 0 saturated carbocycles. The van der Waals surface area contributed by atoms with Gasteiger partial charge in [-0.15, -0.1) is 5.92 Å². The molecule has 2 unspecified atom stereocenters. The summed E-state index contributed by atoms with van der Waals surface area (Å²) < 4.78 is 5.88. The predicted octanol–water partition coefficient (Wildman–Crippen LogP) is 3.85. The van der Waals surface area contributed by atoms with Crippen molar-refractivity contribution in [1.29, 1.82) is 0 Å². The van der Waals surface area contributed by atoms with E-state index in [1.807, 2.05) is 42.5 Å². The van der Waals surface area contributed by atoms with Crippen molar-refractivity contribution >= 4 is 0 Å². The summed E-state index contributed by atoms with van der Waals surface area (Å²) in [6.45, 7) is 2.74. The van der Waals surface area contributed by atoms with E-state index in [9.17, 15) is 5.11 Å². The Bertz CT molecular complexity index is 499. The van der Waals surface area contributed by atoms with Crippen LogP contribution in [0.15, 0.2) is 42.5 Å². The average molecular weight is 330 g/mol. The molecule has 2 N–H and O–H groups in total. The van der Waals surface area contributed by atoms with E-state index in [4.69, 9.17) is 9.84 Å². The lowest BCUT2D eigenvalue weighted by Gasteiger charge is -2.18. The van der Waals surface area contributed by atoms with Crippen LogP contribution in [0.25, 0.3) is 0 Å². The zero-order valence-corrected chi connectivity index (χ0v) is 14.7. The molecule has 24 heavy (non-hydrogen) atoms. The Morgan fingerprint density at radius 3 is 2.67 bits per heavy atom. The maximum atomic E-state index is 10.3. The summed E-state index contributed by atoms with van der Waals surface area (Å²) in [6.07, 6.45) is 8.10. The first-order valence-corrected chi connectivity index (χ1v) is 8.85. The summed E-state index contributed by atoms with van der Waals surface area (Å²) in [5, 5.41) is 19.1. The maximum Gasteiger partial charge on any atom is 0.141 e. The Balaban J connectivity index is 2.55. The van der Waals surface area contributed by atoms with Gasteiger partial charge in [-0.25, -0.2) is 0 Å².